The van der Waals surface area contributed by atoms with Crippen LogP contribution in [0.3, 0.4) is 0 Å². The summed E-state index contributed by atoms with van der Waals surface area (Å²) in [6, 6.07) is 7.06. The molecule has 1 amide bonds. The molecule has 1 N–H and O–H groups in total. The van der Waals surface area contributed by atoms with Crippen LogP contribution in [-0.2, 0) is 16.1 Å². The molecule has 4 heterocycles. The summed E-state index contributed by atoms with van der Waals surface area (Å²) in [4.78, 5) is 30.9. The Hall–Kier alpha value is -2.25. The molecule has 2 saturated heterocycles. The number of ether oxygens (including phenoxy) is 1. The summed E-state index contributed by atoms with van der Waals surface area (Å²) in [6.45, 7) is 2.87. The van der Waals surface area contributed by atoms with Crippen LogP contribution in [0.5, 0.6) is 0 Å². The highest BCUT2D eigenvalue weighted by Crippen LogP contribution is 2.15. The van der Waals surface area contributed by atoms with Crippen LogP contribution in [0.25, 0.3) is 5.65 Å². The van der Waals surface area contributed by atoms with E-state index in [2.05, 4.69) is 15.2 Å². The zero-order valence-corrected chi connectivity index (χ0v) is 12.6. The Bertz CT molecular complexity index is 803. The van der Waals surface area contributed by atoms with Crippen LogP contribution >= 0.6 is 0 Å². The number of carbonyl (C=O) groups is 1. The van der Waals surface area contributed by atoms with Gasteiger partial charge in [-0.1, -0.05) is 6.07 Å². The Kier molecular flexibility index (Phi) is 3.59. The summed E-state index contributed by atoms with van der Waals surface area (Å²) >= 11 is 0. The average molecular weight is 314 g/mol. The fourth-order valence-corrected chi connectivity index (χ4v) is 3.26. The molecule has 0 aromatic carbocycles. The molecule has 0 spiro atoms. The van der Waals surface area contributed by atoms with Crippen molar-refractivity contribution in [1.82, 2.24) is 19.6 Å². The smallest absolute Gasteiger partial charge is 0.258 e. The van der Waals surface area contributed by atoms with E-state index in [0.29, 0.717) is 38.5 Å². The van der Waals surface area contributed by atoms with E-state index < -0.39 is 0 Å². The van der Waals surface area contributed by atoms with E-state index in [9.17, 15) is 9.59 Å². The molecule has 2 aliphatic heterocycles. The van der Waals surface area contributed by atoms with Gasteiger partial charge < -0.3 is 10.1 Å². The lowest BCUT2D eigenvalue weighted by Crippen LogP contribution is -2.42. The third-order valence-electron chi connectivity index (χ3n) is 4.32. The normalized spacial score (nSPS) is 25.1. The van der Waals surface area contributed by atoms with Gasteiger partial charge in [-0.15, -0.1) is 0 Å². The Labute approximate surface area is 132 Å². The summed E-state index contributed by atoms with van der Waals surface area (Å²) in [7, 11) is 0. The molecule has 2 aromatic heterocycles. The highest BCUT2D eigenvalue weighted by molar-refractivity contribution is 5.79. The van der Waals surface area contributed by atoms with Crippen LogP contribution in [0, 0.1) is 5.92 Å². The zero-order valence-electron chi connectivity index (χ0n) is 12.6. The molecule has 2 atom stereocenters. The van der Waals surface area contributed by atoms with Crippen molar-refractivity contribution in [3.63, 3.8) is 0 Å². The van der Waals surface area contributed by atoms with Gasteiger partial charge in [-0.05, 0) is 12.1 Å². The number of amides is 1. The molecule has 0 saturated carbocycles. The first-order valence-corrected chi connectivity index (χ1v) is 7.77. The van der Waals surface area contributed by atoms with Crippen molar-refractivity contribution in [3.8, 4) is 0 Å². The predicted octanol–water partition coefficient (Wildman–Crippen LogP) is -0.359. The molecule has 7 nitrogen and oxygen atoms in total. The molecular weight excluding hydrogens is 296 g/mol. The maximum Gasteiger partial charge on any atom is 0.258 e. The van der Waals surface area contributed by atoms with Gasteiger partial charge >= 0.3 is 0 Å². The molecular formula is C16H18N4O3. The lowest BCUT2D eigenvalue weighted by Gasteiger charge is -2.27. The lowest BCUT2D eigenvalue weighted by atomic mass is 10.1. The Morgan fingerprint density at radius 3 is 3.09 bits per heavy atom. The van der Waals surface area contributed by atoms with Gasteiger partial charge in [0.25, 0.3) is 5.56 Å². The number of hydrogen-bond acceptors (Lipinski definition) is 5. The molecule has 2 aromatic rings. The predicted molar refractivity (Wildman–Crippen MR) is 83.0 cm³/mol. The fourth-order valence-electron chi connectivity index (χ4n) is 3.26. The van der Waals surface area contributed by atoms with E-state index in [1.54, 1.807) is 12.3 Å². The summed E-state index contributed by atoms with van der Waals surface area (Å²) in [5.74, 6) is -0.106. The summed E-state index contributed by atoms with van der Waals surface area (Å²) in [5, 5.41) is 3.01. The third kappa shape index (κ3) is 2.85. The quantitative estimate of drug-likeness (QED) is 0.819. The van der Waals surface area contributed by atoms with Crippen molar-refractivity contribution in [2.45, 2.75) is 12.6 Å². The zero-order chi connectivity index (χ0) is 15.8. The van der Waals surface area contributed by atoms with Crippen molar-refractivity contribution in [2.75, 3.05) is 26.3 Å². The minimum absolute atomic E-state index is 0.00319. The van der Waals surface area contributed by atoms with Gasteiger partial charge in [0.05, 0.1) is 30.9 Å². The number of nitrogens with zero attached hydrogens (tertiary/aromatic N) is 3. The SMILES string of the molecule is O=C1N[C@@H]2COC[C@H]1CN(Cc1cc(=O)n3ccccc3n1)C2. The molecule has 2 bridgehead atoms. The van der Waals surface area contributed by atoms with E-state index in [0.717, 1.165) is 5.69 Å². The number of carbonyl (C=O) groups excluding carboxylic acids is 1. The first-order valence-electron chi connectivity index (χ1n) is 7.77. The standard InChI is InChI=1S/C16H18N4O3/c21-15-5-12(17-14-3-1-2-4-20(14)15)7-19-6-11-9-23-10-13(8-19)18-16(11)22/h1-5,11,13H,6-10H2,(H,18,22)/t11-,13+/m1/s1. The third-order valence-corrected chi connectivity index (χ3v) is 4.32. The highest BCUT2D eigenvalue weighted by atomic mass is 16.5. The Morgan fingerprint density at radius 1 is 1.26 bits per heavy atom. The second-order valence-corrected chi connectivity index (χ2v) is 6.15. The van der Waals surface area contributed by atoms with Crippen molar-refractivity contribution in [2.24, 2.45) is 5.92 Å². The largest absolute Gasteiger partial charge is 0.378 e. The van der Waals surface area contributed by atoms with Crippen molar-refractivity contribution in [1.29, 1.82) is 0 Å². The second-order valence-electron chi connectivity index (χ2n) is 6.15. The molecule has 0 aliphatic carbocycles. The first-order chi connectivity index (χ1) is 11.2. The molecule has 7 heteroatoms. The number of nitrogens with one attached hydrogen (secondary N) is 1. The van der Waals surface area contributed by atoms with Crippen LogP contribution in [0.15, 0.2) is 35.3 Å². The van der Waals surface area contributed by atoms with Gasteiger partial charge in [-0.3, -0.25) is 18.9 Å². The number of fused-ring (bicyclic) bond motifs is 4. The van der Waals surface area contributed by atoms with E-state index in [1.807, 2.05) is 18.2 Å². The van der Waals surface area contributed by atoms with Crippen LogP contribution in [0.2, 0.25) is 0 Å². The number of hydrogen-bond donors (Lipinski definition) is 1. The Morgan fingerprint density at radius 2 is 2.17 bits per heavy atom. The van der Waals surface area contributed by atoms with Crippen molar-refractivity contribution >= 4 is 11.6 Å². The number of rotatable bonds is 2. The number of pyridine rings is 1. The van der Waals surface area contributed by atoms with E-state index in [1.165, 1.54) is 4.40 Å². The van der Waals surface area contributed by atoms with Gasteiger partial charge in [0.15, 0.2) is 0 Å². The molecule has 2 fully saturated rings. The lowest BCUT2D eigenvalue weighted by molar-refractivity contribution is -0.125. The van der Waals surface area contributed by atoms with E-state index >= 15 is 0 Å². The Balaban J connectivity index is 1.60. The van der Waals surface area contributed by atoms with Crippen LogP contribution < -0.4 is 10.9 Å². The molecule has 2 aliphatic rings. The molecule has 0 unspecified atom stereocenters. The summed E-state index contributed by atoms with van der Waals surface area (Å²) in [6.07, 6.45) is 1.71. The van der Waals surface area contributed by atoms with Crippen molar-refractivity contribution < 1.29 is 9.53 Å². The molecule has 120 valence electrons. The van der Waals surface area contributed by atoms with Gasteiger partial charge in [-0.25, -0.2) is 4.98 Å². The van der Waals surface area contributed by atoms with Gasteiger partial charge in [0.2, 0.25) is 5.91 Å². The van der Waals surface area contributed by atoms with Gasteiger partial charge in [-0.2, -0.15) is 0 Å². The summed E-state index contributed by atoms with van der Waals surface area (Å²) < 4.78 is 7.06. The van der Waals surface area contributed by atoms with Gasteiger partial charge in [0, 0.05) is 31.9 Å². The number of aromatic nitrogens is 2. The van der Waals surface area contributed by atoms with Crippen molar-refractivity contribution in [3.05, 3.63) is 46.5 Å². The second kappa shape index (κ2) is 5.75. The molecule has 0 radical (unpaired) electrons. The first kappa shape index (κ1) is 14.3. The van der Waals surface area contributed by atoms with Crippen LogP contribution in [0.4, 0.5) is 0 Å². The van der Waals surface area contributed by atoms with E-state index in [-0.39, 0.29) is 23.4 Å². The topological polar surface area (TPSA) is 75.9 Å². The maximum absolute atomic E-state index is 12.2. The highest BCUT2D eigenvalue weighted by Gasteiger charge is 2.33. The molecule has 4 rings (SSSR count). The fraction of sp³-hybridized carbons (Fsp3) is 0.438. The molecule has 23 heavy (non-hydrogen) atoms. The average Bonchev–Trinajstić information content (AvgIpc) is 2.76. The monoisotopic (exact) mass is 314 g/mol. The van der Waals surface area contributed by atoms with E-state index in [4.69, 9.17) is 4.74 Å². The van der Waals surface area contributed by atoms with Crippen LogP contribution in [-0.4, -0.2) is 52.5 Å². The minimum atomic E-state index is -0.163. The van der Waals surface area contributed by atoms with Crippen LogP contribution in [0.1, 0.15) is 5.69 Å². The van der Waals surface area contributed by atoms with Gasteiger partial charge in [0.1, 0.15) is 5.65 Å². The minimum Gasteiger partial charge on any atom is -0.378 e. The maximum atomic E-state index is 12.2. The summed E-state index contributed by atoms with van der Waals surface area (Å²) in [5.41, 5.74) is 1.29.